The van der Waals surface area contributed by atoms with Gasteiger partial charge in [-0.1, -0.05) is 47.5 Å². The van der Waals surface area contributed by atoms with Crippen molar-refractivity contribution in [2.75, 3.05) is 0 Å². The van der Waals surface area contributed by atoms with Gasteiger partial charge in [0.25, 0.3) is 0 Å². The lowest BCUT2D eigenvalue weighted by Gasteiger charge is -2.35. The second-order valence-electron chi connectivity index (χ2n) is 5.57. The normalized spacial score (nSPS) is 11.6. The van der Waals surface area contributed by atoms with Gasteiger partial charge in [0.2, 0.25) is 0 Å². The maximum absolute atomic E-state index is 6.13. The van der Waals surface area contributed by atoms with E-state index in [-0.39, 0.29) is 0 Å². The first-order chi connectivity index (χ1) is 12.2. The van der Waals surface area contributed by atoms with Crippen molar-refractivity contribution < 1.29 is 0 Å². The largest absolute Gasteiger partial charge is 0.318 e. The molecule has 6 heteroatoms. The van der Waals surface area contributed by atoms with Crippen LogP contribution in [0.5, 0.6) is 0 Å². The van der Waals surface area contributed by atoms with E-state index in [9.17, 15) is 0 Å². The minimum absolute atomic E-state index is 0.590. The lowest BCUT2D eigenvalue weighted by atomic mass is 9.81. The zero-order valence-electron chi connectivity index (χ0n) is 13.0. The molecular weight excluding hydrogens is 373 g/mol. The van der Waals surface area contributed by atoms with Gasteiger partial charge in [-0.2, -0.15) is 0 Å². The van der Waals surface area contributed by atoms with E-state index in [4.69, 9.17) is 23.2 Å². The van der Waals surface area contributed by atoms with Crippen LogP contribution in [-0.2, 0) is 5.54 Å². The molecule has 2 heterocycles. The molecule has 124 valence electrons. The number of imidazole rings is 1. The summed E-state index contributed by atoms with van der Waals surface area (Å²) in [6, 6.07) is 17.8. The average Bonchev–Trinajstić information content (AvgIpc) is 3.33. The van der Waals surface area contributed by atoms with Crippen LogP contribution in [0.4, 0.5) is 0 Å². The number of benzene rings is 2. The van der Waals surface area contributed by atoms with Crippen LogP contribution in [0, 0.1) is 0 Å². The monoisotopic (exact) mass is 385 g/mol. The third-order valence-electron chi connectivity index (χ3n) is 4.21. The molecule has 0 amide bonds. The highest BCUT2D eigenvalue weighted by molar-refractivity contribution is 7.06. The Hall–Kier alpha value is -2.14. The molecule has 0 bridgehead atoms. The molecule has 0 unspecified atom stereocenters. The molecule has 0 radical (unpaired) electrons. The third-order valence-corrected chi connectivity index (χ3v) is 5.57. The summed E-state index contributed by atoms with van der Waals surface area (Å²) in [4.78, 5) is 5.36. The summed E-state index contributed by atoms with van der Waals surface area (Å²) in [5, 5.41) is 1.40. The first-order valence-electron chi connectivity index (χ1n) is 7.63. The summed E-state index contributed by atoms with van der Waals surface area (Å²) in [6.07, 6.45) is 7.38. The zero-order valence-corrected chi connectivity index (χ0v) is 15.3. The first kappa shape index (κ1) is 16.3. The predicted octanol–water partition coefficient (Wildman–Crippen LogP) is 5.49. The second kappa shape index (κ2) is 6.64. The van der Waals surface area contributed by atoms with Gasteiger partial charge in [-0.3, -0.25) is 0 Å². The third kappa shape index (κ3) is 2.76. The van der Waals surface area contributed by atoms with E-state index in [1.54, 1.807) is 6.20 Å². The van der Waals surface area contributed by atoms with Crippen molar-refractivity contribution in [1.29, 1.82) is 0 Å². The Labute approximate surface area is 159 Å². The molecule has 4 aromatic rings. The van der Waals surface area contributed by atoms with Crippen molar-refractivity contribution in [1.82, 2.24) is 13.9 Å². The van der Waals surface area contributed by atoms with Crippen LogP contribution in [0.1, 0.15) is 16.0 Å². The molecule has 0 spiro atoms. The molecule has 2 aromatic carbocycles. The Bertz CT molecular complexity index is 865. The molecule has 0 saturated heterocycles. The average molecular weight is 386 g/mol. The van der Waals surface area contributed by atoms with E-state index in [1.807, 2.05) is 73.3 Å². The van der Waals surface area contributed by atoms with Gasteiger partial charge in [0.05, 0.1) is 11.2 Å². The fraction of sp³-hybridized carbons (Fsp3) is 0.0526. The van der Waals surface area contributed by atoms with Crippen LogP contribution in [-0.4, -0.2) is 13.9 Å². The number of nitrogens with zero attached hydrogens (tertiary/aromatic N) is 3. The minimum atomic E-state index is -0.590. The van der Waals surface area contributed by atoms with Crippen molar-refractivity contribution in [3.8, 4) is 0 Å². The fourth-order valence-corrected chi connectivity index (χ4v) is 4.20. The highest BCUT2D eigenvalue weighted by Crippen LogP contribution is 2.42. The van der Waals surface area contributed by atoms with Gasteiger partial charge in [-0.15, -0.1) is 0 Å². The Morgan fingerprint density at radius 3 is 1.84 bits per heavy atom. The van der Waals surface area contributed by atoms with Crippen LogP contribution >= 0.6 is 34.7 Å². The highest BCUT2D eigenvalue weighted by Gasteiger charge is 2.39. The Morgan fingerprint density at radius 2 is 1.40 bits per heavy atom. The number of rotatable bonds is 4. The van der Waals surface area contributed by atoms with E-state index in [2.05, 4.69) is 13.9 Å². The van der Waals surface area contributed by atoms with Crippen molar-refractivity contribution in [3.63, 3.8) is 0 Å². The number of aromatic nitrogens is 3. The SMILES string of the molecule is Clc1ccc(C(c2ccc(Cl)cc2)(c2ccns2)n2ccnc2)cc1. The van der Waals surface area contributed by atoms with Crippen molar-refractivity contribution in [2.24, 2.45) is 0 Å². The lowest BCUT2D eigenvalue weighted by molar-refractivity contribution is 0.524. The van der Waals surface area contributed by atoms with Gasteiger partial charge in [0, 0.05) is 28.6 Å². The standard InChI is InChI=1S/C19H13Cl2N3S/c20-16-5-1-14(2-6-16)19(18-9-10-23-25-18,24-12-11-22-13-24)15-3-7-17(21)8-4-15/h1-13H. The number of hydrogen-bond donors (Lipinski definition) is 0. The summed E-state index contributed by atoms with van der Waals surface area (Å²) in [5.74, 6) is 0. The lowest BCUT2D eigenvalue weighted by Crippen LogP contribution is -2.36. The molecule has 0 aliphatic rings. The minimum Gasteiger partial charge on any atom is -0.318 e. The number of halogens is 2. The van der Waals surface area contributed by atoms with Gasteiger partial charge in [0.15, 0.2) is 0 Å². The van der Waals surface area contributed by atoms with Gasteiger partial charge >= 0.3 is 0 Å². The van der Waals surface area contributed by atoms with Crippen LogP contribution in [0.15, 0.2) is 79.5 Å². The number of hydrogen-bond acceptors (Lipinski definition) is 3. The molecule has 0 N–H and O–H groups in total. The van der Waals surface area contributed by atoms with Crippen LogP contribution in [0.25, 0.3) is 0 Å². The quantitative estimate of drug-likeness (QED) is 0.465. The van der Waals surface area contributed by atoms with Crippen molar-refractivity contribution in [2.45, 2.75) is 5.54 Å². The summed E-state index contributed by atoms with van der Waals surface area (Å²) in [5.41, 5.74) is 1.55. The van der Waals surface area contributed by atoms with E-state index >= 15 is 0 Å². The van der Waals surface area contributed by atoms with Gasteiger partial charge in [-0.25, -0.2) is 9.36 Å². The summed E-state index contributed by atoms with van der Waals surface area (Å²) >= 11 is 13.7. The van der Waals surface area contributed by atoms with E-state index in [0.717, 1.165) is 16.0 Å². The van der Waals surface area contributed by atoms with Gasteiger partial charge in [-0.05, 0) is 53.0 Å². The molecule has 0 fully saturated rings. The Balaban J connectivity index is 2.08. The van der Waals surface area contributed by atoms with Crippen LogP contribution < -0.4 is 0 Å². The zero-order chi connectivity index (χ0) is 17.3. The molecule has 3 nitrogen and oxygen atoms in total. The molecule has 4 rings (SSSR count). The molecule has 25 heavy (non-hydrogen) atoms. The summed E-state index contributed by atoms with van der Waals surface area (Å²) in [7, 11) is 0. The molecule has 0 atom stereocenters. The van der Waals surface area contributed by atoms with E-state index < -0.39 is 5.54 Å². The highest BCUT2D eigenvalue weighted by atomic mass is 35.5. The Kier molecular flexibility index (Phi) is 4.34. The second-order valence-corrected chi connectivity index (χ2v) is 7.28. The van der Waals surface area contributed by atoms with Crippen LogP contribution in [0.2, 0.25) is 10.0 Å². The smallest absolute Gasteiger partial charge is 0.132 e. The van der Waals surface area contributed by atoms with Gasteiger partial charge < -0.3 is 4.57 Å². The molecule has 0 saturated carbocycles. The maximum Gasteiger partial charge on any atom is 0.132 e. The first-order valence-corrected chi connectivity index (χ1v) is 9.16. The summed E-state index contributed by atoms with van der Waals surface area (Å²) < 4.78 is 6.43. The molecular formula is C19H13Cl2N3S. The molecule has 0 aliphatic carbocycles. The van der Waals surface area contributed by atoms with Crippen molar-refractivity contribution in [3.05, 3.63) is 106 Å². The van der Waals surface area contributed by atoms with Gasteiger partial charge in [0.1, 0.15) is 5.54 Å². The summed E-state index contributed by atoms with van der Waals surface area (Å²) in [6.45, 7) is 0. The maximum atomic E-state index is 6.13. The predicted molar refractivity (Wildman–Crippen MR) is 103 cm³/mol. The Morgan fingerprint density at radius 1 is 0.800 bits per heavy atom. The van der Waals surface area contributed by atoms with Crippen LogP contribution in [0.3, 0.4) is 0 Å². The molecule has 0 aliphatic heterocycles. The fourth-order valence-electron chi connectivity index (χ4n) is 3.12. The topological polar surface area (TPSA) is 30.7 Å². The van der Waals surface area contributed by atoms with E-state index in [0.29, 0.717) is 10.0 Å². The van der Waals surface area contributed by atoms with Crippen molar-refractivity contribution >= 4 is 34.7 Å². The molecule has 2 aromatic heterocycles. The van der Waals surface area contributed by atoms with E-state index in [1.165, 1.54) is 11.5 Å².